The summed E-state index contributed by atoms with van der Waals surface area (Å²) in [4.78, 5) is 0. The van der Waals surface area contributed by atoms with Gasteiger partial charge in [-0.15, -0.1) is 0 Å². The van der Waals surface area contributed by atoms with Crippen LogP contribution in [0.3, 0.4) is 0 Å². The summed E-state index contributed by atoms with van der Waals surface area (Å²) in [5.74, 6) is 0. The van der Waals surface area contributed by atoms with Crippen molar-refractivity contribution in [3.63, 3.8) is 0 Å². The summed E-state index contributed by atoms with van der Waals surface area (Å²) < 4.78 is 8.83. The Morgan fingerprint density at radius 1 is 1.35 bits per heavy atom. The van der Waals surface area contributed by atoms with Gasteiger partial charge in [-0.2, -0.15) is 5.10 Å². The second kappa shape index (κ2) is 4.78. The Labute approximate surface area is 114 Å². The molecule has 3 rings (SSSR count). The lowest BCUT2D eigenvalue weighted by Gasteiger charge is -2.25. The van der Waals surface area contributed by atoms with Crippen molar-refractivity contribution in [3.8, 4) is 0 Å². The van der Waals surface area contributed by atoms with Crippen molar-refractivity contribution in [1.29, 1.82) is 0 Å². The van der Waals surface area contributed by atoms with Crippen LogP contribution in [0.15, 0.2) is 36.5 Å². The molecule has 3 nitrogen and oxygen atoms in total. The third-order valence-corrected chi connectivity index (χ3v) is 3.63. The summed E-state index contributed by atoms with van der Waals surface area (Å²) in [7, 11) is 0. The highest BCUT2D eigenvalue weighted by atomic mass is 127. The summed E-state index contributed by atoms with van der Waals surface area (Å²) in [5.41, 5.74) is 2.72. The molecule has 1 aromatic heterocycles. The molecule has 1 aromatic carbocycles. The van der Waals surface area contributed by atoms with Gasteiger partial charge in [0.2, 0.25) is 0 Å². The zero-order chi connectivity index (χ0) is 11.7. The van der Waals surface area contributed by atoms with E-state index in [1.807, 2.05) is 16.9 Å². The smallest absolute Gasteiger partial charge is 0.123 e. The monoisotopic (exact) mass is 340 g/mol. The van der Waals surface area contributed by atoms with Gasteiger partial charge in [0, 0.05) is 6.20 Å². The average Bonchev–Trinajstić information content (AvgIpc) is 2.75. The molecule has 0 saturated carbocycles. The van der Waals surface area contributed by atoms with Gasteiger partial charge in [0.15, 0.2) is 0 Å². The summed E-state index contributed by atoms with van der Waals surface area (Å²) in [6.45, 7) is 1.60. The van der Waals surface area contributed by atoms with Crippen LogP contribution >= 0.6 is 22.6 Å². The van der Waals surface area contributed by atoms with Crippen molar-refractivity contribution < 1.29 is 4.74 Å². The number of ether oxygens (including phenoxy) is 1. The maximum absolute atomic E-state index is 5.85. The van der Waals surface area contributed by atoms with Crippen molar-refractivity contribution in [2.75, 3.05) is 6.61 Å². The number of hydrogen-bond acceptors (Lipinski definition) is 2. The van der Waals surface area contributed by atoms with Gasteiger partial charge in [-0.3, -0.25) is 4.68 Å². The first kappa shape index (κ1) is 11.2. The van der Waals surface area contributed by atoms with E-state index in [0.717, 1.165) is 23.3 Å². The van der Waals surface area contributed by atoms with E-state index in [-0.39, 0.29) is 6.10 Å². The average molecular weight is 340 g/mol. The zero-order valence-corrected chi connectivity index (χ0v) is 11.5. The second-order valence-electron chi connectivity index (χ2n) is 4.17. The number of hydrogen-bond donors (Lipinski definition) is 0. The molecule has 0 aliphatic carbocycles. The molecule has 1 aliphatic heterocycles. The normalized spacial score (nSPS) is 19.0. The van der Waals surface area contributed by atoms with E-state index in [2.05, 4.69) is 52.0 Å². The lowest BCUT2D eigenvalue weighted by atomic mass is 9.98. The largest absolute Gasteiger partial charge is 0.371 e. The Morgan fingerprint density at radius 3 is 3.06 bits per heavy atom. The lowest BCUT2D eigenvalue weighted by molar-refractivity contribution is 0.0282. The molecule has 1 aliphatic rings. The van der Waals surface area contributed by atoms with E-state index in [0.29, 0.717) is 0 Å². The summed E-state index contributed by atoms with van der Waals surface area (Å²) in [6.07, 6.45) is 3.15. The second-order valence-corrected chi connectivity index (χ2v) is 5.27. The molecule has 0 amide bonds. The quantitative estimate of drug-likeness (QED) is 0.786. The Bertz CT molecular complexity index is 524. The molecule has 4 heteroatoms. The number of fused-ring (bicyclic) bond motifs is 1. The van der Waals surface area contributed by atoms with Gasteiger partial charge in [0.1, 0.15) is 9.80 Å². The fourth-order valence-electron chi connectivity index (χ4n) is 2.24. The predicted molar refractivity (Wildman–Crippen MR) is 73.8 cm³/mol. The number of aromatic nitrogens is 2. The molecule has 2 aromatic rings. The standard InChI is InChI=1S/C13H13IN2O/c14-13-5-7-16(15-13)9-12-11-4-2-1-3-10(11)6-8-17-12/h1-5,7,12H,6,8-9H2. The molecule has 0 fully saturated rings. The minimum absolute atomic E-state index is 0.135. The van der Waals surface area contributed by atoms with Gasteiger partial charge in [0.05, 0.1) is 13.2 Å². The van der Waals surface area contributed by atoms with E-state index in [4.69, 9.17) is 4.74 Å². The van der Waals surface area contributed by atoms with E-state index >= 15 is 0 Å². The van der Waals surface area contributed by atoms with Crippen LogP contribution in [0.1, 0.15) is 17.2 Å². The van der Waals surface area contributed by atoms with Crippen molar-refractivity contribution in [3.05, 3.63) is 51.4 Å². The van der Waals surface area contributed by atoms with Crippen molar-refractivity contribution in [2.45, 2.75) is 19.1 Å². The Balaban J connectivity index is 1.85. The van der Waals surface area contributed by atoms with Crippen LogP contribution in [0.25, 0.3) is 0 Å². The highest BCUT2D eigenvalue weighted by molar-refractivity contribution is 14.1. The third kappa shape index (κ3) is 2.37. The van der Waals surface area contributed by atoms with Crippen molar-refractivity contribution in [2.24, 2.45) is 0 Å². The fraction of sp³-hybridized carbons (Fsp3) is 0.308. The Kier molecular flexibility index (Phi) is 3.15. The zero-order valence-electron chi connectivity index (χ0n) is 9.34. The van der Waals surface area contributed by atoms with Crippen molar-refractivity contribution >= 4 is 22.6 Å². The van der Waals surface area contributed by atoms with Gasteiger partial charge in [-0.1, -0.05) is 24.3 Å². The number of nitrogens with zero attached hydrogens (tertiary/aromatic N) is 2. The molecule has 0 saturated heterocycles. The number of rotatable bonds is 2. The first-order valence-electron chi connectivity index (χ1n) is 5.71. The molecule has 0 N–H and O–H groups in total. The summed E-state index contributed by atoms with van der Waals surface area (Å²) in [5, 5.41) is 4.40. The molecule has 88 valence electrons. The highest BCUT2D eigenvalue weighted by Crippen LogP contribution is 2.28. The fourth-order valence-corrected chi connectivity index (χ4v) is 2.67. The van der Waals surface area contributed by atoms with Crippen LogP contribution in [-0.2, 0) is 17.7 Å². The molecule has 0 spiro atoms. The van der Waals surface area contributed by atoms with Crippen LogP contribution in [0.4, 0.5) is 0 Å². The summed E-state index contributed by atoms with van der Waals surface area (Å²) >= 11 is 2.22. The van der Waals surface area contributed by atoms with Gasteiger partial charge in [0.25, 0.3) is 0 Å². The van der Waals surface area contributed by atoms with Crippen LogP contribution in [-0.4, -0.2) is 16.4 Å². The van der Waals surface area contributed by atoms with E-state index in [1.165, 1.54) is 11.1 Å². The highest BCUT2D eigenvalue weighted by Gasteiger charge is 2.20. The first-order chi connectivity index (χ1) is 8.33. The summed E-state index contributed by atoms with van der Waals surface area (Å²) in [6, 6.07) is 10.5. The molecule has 1 atom stereocenters. The first-order valence-corrected chi connectivity index (χ1v) is 6.79. The van der Waals surface area contributed by atoms with Crippen LogP contribution in [0.5, 0.6) is 0 Å². The molecule has 0 radical (unpaired) electrons. The predicted octanol–water partition coefficient (Wildman–Crippen LogP) is 2.80. The van der Waals surface area contributed by atoms with Crippen LogP contribution in [0, 0.1) is 3.70 Å². The van der Waals surface area contributed by atoms with Crippen molar-refractivity contribution in [1.82, 2.24) is 9.78 Å². The number of benzene rings is 1. The SMILES string of the molecule is Ic1ccn(CC2OCCc3ccccc32)n1. The molecular formula is C13H13IN2O. The number of halogens is 1. The van der Waals surface area contributed by atoms with Gasteiger partial charge < -0.3 is 4.74 Å². The van der Waals surface area contributed by atoms with Crippen LogP contribution in [0.2, 0.25) is 0 Å². The molecule has 1 unspecified atom stereocenters. The van der Waals surface area contributed by atoms with Crippen LogP contribution < -0.4 is 0 Å². The van der Waals surface area contributed by atoms with Gasteiger partial charge in [-0.05, 0) is 46.2 Å². The maximum Gasteiger partial charge on any atom is 0.123 e. The van der Waals surface area contributed by atoms with E-state index in [1.54, 1.807) is 0 Å². The maximum atomic E-state index is 5.85. The van der Waals surface area contributed by atoms with Gasteiger partial charge >= 0.3 is 0 Å². The topological polar surface area (TPSA) is 27.1 Å². The molecule has 17 heavy (non-hydrogen) atoms. The minimum Gasteiger partial charge on any atom is -0.371 e. The van der Waals surface area contributed by atoms with E-state index in [9.17, 15) is 0 Å². The molecule has 0 bridgehead atoms. The third-order valence-electron chi connectivity index (χ3n) is 3.05. The molecule has 2 heterocycles. The Morgan fingerprint density at radius 2 is 2.24 bits per heavy atom. The minimum atomic E-state index is 0.135. The lowest BCUT2D eigenvalue weighted by Crippen LogP contribution is -2.20. The van der Waals surface area contributed by atoms with E-state index < -0.39 is 0 Å². The Hall–Kier alpha value is -0.880. The molecular weight excluding hydrogens is 327 g/mol. The van der Waals surface area contributed by atoms with Gasteiger partial charge in [-0.25, -0.2) is 0 Å².